The van der Waals surface area contributed by atoms with E-state index >= 15 is 0 Å². The van der Waals surface area contributed by atoms with Gasteiger partial charge in [0.25, 0.3) is 0 Å². The summed E-state index contributed by atoms with van der Waals surface area (Å²) in [6.45, 7) is 4.22. The molecule has 1 atom stereocenters. The van der Waals surface area contributed by atoms with Crippen LogP contribution in [0.3, 0.4) is 0 Å². The highest BCUT2D eigenvalue weighted by Crippen LogP contribution is 2.28. The number of fused-ring (bicyclic) bond motifs is 1. The summed E-state index contributed by atoms with van der Waals surface area (Å²) in [5.41, 5.74) is 3.40. The number of para-hydroxylation sites is 1. The molecule has 1 aliphatic heterocycles. The van der Waals surface area contributed by atoms with Crippen LogP contribution >= 0.6 is 0 Å². The highest BCUT2D eigenvalue weighted by Gasteiger charge is 2.27. The molecule has 4 heteroatoms. The van der Waals surface area contributed by atoms with Gasteiger partial charge in [-0.2, -0.15) is 0 Å². The van der Waals surface area contributed by atoms with E-state index in [4.69, 9.17) is 0 Å². The third kappa shape index (κ3) is 2.69. The molecule has 1 heterocycles. The fraction of sp³-hybridized carbons (Fsp3) is 0.278. The highest BCUT2D eigenvalue weighted by atomic mass is 19.1. The van der Waals surface area contributed by atoms with Crippen LogP contribution in [0.4, 0.5) is 15.8 Å². The van der Waals surface area contributed by atoms with Gasteiger partial charge >= 0.3 is 0 Å². The van der Waals surface area contributed by atoms with Gasteiger partial charge in [0.15, 0.2) is 0 Å². The Morgan fingerprint density at radius 3 is 2.82 bits per heavy atom. The maximum absolute atomic E-state index is 13.6. The van der Waals surface area contributed by atoms with E-state index in [-0.39, 0.29) is 11.7 Å². The normalized spacial score (nSPS) is 14.6. The molecular formula is C18H19FN2O. The van der Waals surface area contributed by atoms with Crippen LogP contribution in [0.1, 0.15) is 18.1 Å². The average molecular weight is 298 g/mol. The minimum Gasteiger partial charge on any atom is -0.374 e. The van der Waals surface area contributed by atoms with Crippen molar-refractivity contribution in [2.24, 2.45) is 0 Å². The number of benzene rings is 2. The molecule has 1 N–H and O–H groups in total. The minimum absolute atomic E-state index is 0.00549. The van der Waals surface area contributed by atoms with Crippen LogP contribution in [-0.4, -0.2) is 18.5 Å². The van der Waals surface area contributed by atoms with Crippen molar-refractivity contribution in [3.05, 3.63) is 59.4 Å². The molecule has 2 aromatic carbocycles. The van der Waals surface area contributed by atoms with E-state index in [1.807, 2.05) is 18.2 Å². The molecule has 3 nitrogen and oxygen atoms in total. The first kappa shape index (κ1) is 14.6. The molecule has 1 aliphatic rings. The molecule has 1 amide bonds. The van der Waals surface area contributed by atoms with E-state index in [2.05, 4.69) is 11.4 Å². The van der Waals surface area contributed by atoms with Gasteiger partial charge in [0.2, 0.25) is 5.91 Å². The van der Waals surface area contributed by atoms with Crippen LogP contribution in [0.15, 0.2) is 42.5 Å². The number of rotatable bonds is 3. The Balaban J connectivity index is 1.74. The molecule has 0 aromatic heterocycles. The molecule has 0 fully saturated rings. The predicted octanol–water partition coefficient (Wildman–Crippen LogP) is 3.52. The summed E-state index contributed by atoms with van der Waals surface area (Å²) < 4.78 is 13.6. The molecule has 0 radical (unpaired) electrons. The van der Waals surface area contributed by atoms with Gasteiger partial charge in [-0.1, -0.05) is 24.3 Å². The van der Waals surface area contributed by atoms with E-state index in [1.165, 1.54) is 11.6 Å². The Hall–Kier alpha value is -2.36. The van der Waals surface area contributed by atoms with Gasteiger partial charge < -0.3 is 10.2 Å². The molecule has 0 aliphatic carbocycles. The largest absolute Gasteiger partial charge is 0.374 e. The molecular weight excluding hydrogens is 279 g/mol. The Bertz CT molecular complexity index is 714. The van der Waals surface area contributed by atoms with Crippen LogP contribution in [0, 0.1) is 12.7 Å². The van der Waals surface area contributed by atoms with E-state index in [0.29, 0.717) is 17.8 Å². The topological polar surface area (TPSA) is 32.3 Å². The van der Waals surface area contributed by atoms with Gasteiger partial charge in [-0.25, -0.2) is 4.39 Å². The van der Waals surface area contributed by atoms with Crippen molar-refractivity contribution in [1.82, 2.24) is 0 Å². The van der Waals surface area contributed by atoms with E-state index in [9.17, 15) is 9.18 Å². The molecule has 2 aromatic rings. The highest BCUT2D eigenvalue weighted by molar-refractivity contribution is 6.00. The van der Waals surface area contributed by atoms with Crippen molar-refractivity contribution in [3.8, 4) is 0 Å². The molecule has 0 bridgehead atoms. The van der Waals surface area contributed by atoms with E-state index < -0.39 is 6.04 Å². The summed E-state index contributed by atoms with van der Waals surface area (Å²) in [6.07, 6.45) is 0.883. The summed E-state index contributed by atoms with van der Waals surface area (Å²) in [5.74, 6) is -0.262. The number of nitrogens with one attached hydrogen (secondary N) is 1. The molecule has 22 heavy (non-hydrogen) atoms. The van der Waals surface area contributed by atoms with Gasteiger partial charge in [-0.3, -0.25) is 4.79 Å². The van der Waals surface area contributed by atoms with Crippen molar-refractivity contribution in [2.45, 2.75) is 26.3 Å². The first-order chi connectivity index (χ1) is 10.6. The van der Waals surface area contributed by atoms with Crippen LogP contribution < -0.4 is 10.2 Å². The zero-order valence-corrected chi connectivity index (χ0v) is 12.8. The number of hydrogen-bond donors (Lipinski definition) is 1. The Kier molecular flexibility index (Phi) is 3.84. The third-order valence-electron chi connectivity index (χ3n) is 4.08. The van der Waals surface area contributed by atoms with E-state index in [1.54, 1.807) is 30.9 Å². The second-order valence-corrected chi connectivity index (χ2v) is 5.70. The number of amides is 1. The number of anilines is 2. The number of halogens is 1. The Morgan fingerprint density at radius 1 is 1.27 bits per heavy atom. The lowest BCUT2D eigenvalue weighted by atomic mass is 10.1. The van der Waals surface area contributed by atoms with Crippen LogP contribution in [0.25, 0.3) is 0 Å². The Labute approximate surface area is 129 Å². The number of nitrogens with zero attached hydrogens (tertiary/aromatic N) is 1. The lowest BCUT2D eigenvalue weighted by molar-refractivity contribution is -0.118. The molecule has 0 spiro atoms. The number of hydrogen-bond acceptors (Lipinski definition) is 2. The standard InChI is InChI=1S/C18H19FN2O/c1-12-7-8-15(11-16(12)19)20-13(2)18(22)21-10-9-14-5-3-4-6-17(14)21/h3-8,11,13,20H,9-10H2,1-2H3. The maximum Gasteiger partial charge on any atom is 0.249 e. The summed E-state index contributed by atoms with van der Waals surface area (Å²) in [5, 5.41) is 3.09. The number of aryl methyl sites for hydroxylation is 1. The molecule has 0 saturated carbocycles. The lowest BCUT2D eigenvalue weighted by Crippen LogP contribution is -2.40. The quantitative estimate of drug-likeness (QED) is 0.940. The van der Waals surface area contributed by atoms with Crippen LogP contribution in [0.2, 0.25) is 0 Å². The zero-order valence-electron chi connectivity index (χ0n) is 12.8. The van der Waals surface area contributed by atoms with Crippen molar-refractivity contribution < 1.29 is 9.18 Å². The second-order valence-electron chi connectivity index (χ2n) is 5.70. The van der Waals surface area contributed by atoms with Gasteiger partial charge in [0, 0.05) is 17.9 Å². The van der Waals surface area contributed by atoms with Gasteiger partial charge in [-0.15, -0.1) is 0 Å². The van der Waals surface area contributed by atoms with Gasteiger partial charge in [0.05, 0.1) is 0 Å². The summed E-state index contributed by atoms with van der Waals surface area (Å²) in [4.78, 5) is 14.4. The molecule has 3 rings (SSSR count). The molecule has 114 valence electrons. The van der Waals surface area contributed by atoms with Crippen molar-refractivity contribution in [1.29, 1.82) is 0 Å². The summed E-state index contributed by atoms with van der Waals surface area (Å²) in [7, 11) is 0. The fourth-order valence-electron chi connectivity index (χ4n) is 2.80. The minimum atomic E-state index is -0.409. The second kappa shape index (κ2) is 5.79. The number of carbonyl (C=O) groups excluding carboxylic acids is 1. The van der Waals surface area contributed by atoms with E-state index in [0.717, 1.165) is 12.1 Å². The zero-order chi connectivity index (χ0) is 15.7. The third-order valence-corrected chi connectivity index (χ3v) is 4.08. The van der Waals surface area contributed by atoms with Gasteiger partial charge in [0.1, 0.15) is 11.9 Å². The average Bonchev–Trinajstić information content (AvgIpc) is 2.94. The van der Waals surface area contributed by atoms with Crippen molar-refractivity contribution in [3.63, 3.8) is 0 Å². The van der Waals surface area contributed by atoms with Crippen LogP contribution in [-0.2, 0) is 11.2 Å². The van der Waals surface area contributed by atoms with Crippen molar-refractivity contribution in [2.75, 3.05) is 16.8 Å². The van der Waals surface area contributed by atoms with Crippen molar-refractivity contribution >= 4 is 17.3 Å². The first-order valence-corrected chi connectivity index (χ1v) is 7.48. The monoisotopic (exact) mass is 298 g/mol. The lowest BCUT2D eigenvalue weighted by Gasteiger charge is -2.23. The predicted molar refractivity (Wildman–Crippen MR) is 86.7 cm³/mol. The number of carbonyl (C=O) groups is 1. The smallest absolute Gasteiger partial charge is 0.249 e. The SMILES string of the molecule is Cc1ccc(NC(C)C(=O)N2CCc3ccccc32)cc1F. The molecule has 0 saturated heterocycles. The summed E-state index contributed by atoms with van der Waals surface area (Å²) >= 11 is 0. The molecule has 1 unspecified atom stereocenters. The summed E-state index contributed by atoms with van der Waals surface area (Å²) in [6, 6.07) is 12.5. The first-order valence-electron chi connectivity index (χ1n) is 7.48. The maximum atomic E-state index is 13.6. The van der Waals surface area contributed by atoms with Crippen LogP contribution in [0.5, 0.6) is 0 Å². The Morgan fingerprint density at radius 2 is 2.05 bits per heavy atom. The van der Waals surface area contributed by atoms with Gasteiger partial charge in [-0.05, 0) is 49.6 Å². The fourth-order valence-corrected chi connectivity index (χ4v) is 2.80.